The molecule has 3 heterocycles. The Morgan fingerprint density at radius 3 is 2.90 bits per heavy atom. The Labute approximate surface area is 124 Å². The number of aromatic nitrogens is 2. The van der Waals surface area contributed by atoms with Crippen LogP contribution in [0.2, 0.25) is 0 Å². The molecule has 0 unspecified atom stereocenters. The van der Waals surface area contributed by atoms with Gasteiger partial charge >= 0.3 is 0 Å². The molecule has 0 aromatic carbocycles. The van der Waals surface area contributed by atoms with Gasteiger partial charge in [0, 0.05) is 12.6 Å². The molecule has 5 heteroatoms. The Morgan fingerprint density at radius 2 is 2.24 bits per heavy atom. The van der Waals surface area contributed by atoms with Gasteiger partial charge in [-0.2, -0.15) is 5.10 Å². The van der Waals surface area contributed by atoms with Crippen LogP contribution >= 0.6 is 0 Å². The molecule has 0 saturated carbocycles. The van der Waals surface area contributed by atoms with Gasteiger partial charge in [-0.05, 0) is 43.5 Å². The second-order valence-corrected chi connectivity index (χ2v) is 5.70. The van der Waals surface area contributed by atoms with E-state index >= 15 is 0 Å². The van der Waals surface area contributed by atoms with Gasteiger partial charge in [0.2, 0.25) is 5.88 Å². The molecule has 2 aromatic rings. The predicted molar refractivity (Wildman–Crippen MR) is 78.8 cm³/mol. The molecule has 1 saturated heterocycles. The van der Waals surface area contributed by atoms with Crippen molar-refractivity contribution in [2.24, 2.45) is 5.92 Å². The summed E-state index contributed by atoms with van der Waals surface area (Å²) in [6, 6.07) is 8.18. The van der Waals surface area contributed by atoms with Crippen molar-refractivity contribution in [1.29, 1.82) is 0 Å². The summed E-state index contributed by atoms with van der Waals surface area (Å²) in [4.78, 5) is 2.43. The number of ether oxygens (including phenoxy) is 1. The van der Waals surface area contributed by atoms with E-state index in [4.69, 9.17) is 9.15 Å². The highest BCUT2D eigenvalue weighted by atomic mass is 16.5. The van der Waals surface area contributed by atoms with Crippen LogP contribution in [0.5, 0.6) is 5.88 Å². The molecule has 3 rings (SSSR count). The number of nitrogens with zero attached hydrogens (tertiary/aromatic N) is 3. The van der Waals surface area contributed by atoms with E-state index in [1.54, 1.807) is 13.4 Å². The zero-order valence-electron chi connectivity index (χ0n) is 12.5. The molecule has 0 amide bonds. The van der Waals surface area contributed by atoms with Crippen LogP contribution in [-0.4, -0.2) is 28.8 Å². The lowest BCUT2D eigenvalue weighted by atomic mass is 9.91. The molecule has 0 spiro atoms. The third-order valence-electron chi connectivity index (χ3n) is 4.12. The molecule has 21 heavy (non-hydrogen) atoms. The maximum Gasteiger partial charge on any atom is 0.233 e. The van der Waals surface area contributed by atoms with Crippen LogP contribution in [0.1, 0.15) is 37.3 Å². The zero-order chi connectivity index (χ0) is 14.7. The molecule has 5 nitrogen and oxygen atoms in total. The summed E-state index contributed by atoms with van der Waals surface area (Å²) in [5.74, 6) is 2.31. The standard InChI is InChI=1S/C16H21N3O2/c1-12-7-8-19(14(10-12)15-4-3-9-21-15)11-13-5-6-16(20-2)18-17-13/h3-6,9,12,14H,7-8,10-11H2,1-2H3/t12-,14-/m0/s1. The Kier molecular flexibility index (Phi) is 4.20. The minimum atomic E-state index is 0.327. The topological polar surface area (TPSA) is 51.4 Å². The van der Waals surface area contributed by atoms with Crippen molar-refractivity contribution in [2.75, 3.05) is 13.7 Å². The number of hydrogen-bond donors (Lipinski definition) is 0. The number of piperidine rings is 1. The molecule has 2 atom stereocenters. The lowest BCUT2D eigenvalue weighted by molar-refractivity contribution is 0.0928. The highest BCUT2D eigenvalue weighted by Gasteiger charge is 2.29. The van der Waals surface area contributed by atoms with Crippen LogP contribution in [-0.2, 0) is 6.54 Å². The van der Waals surface area contributed by atoms with Crippen molar-refractivity contribution in [3.63, 3.8) is 0 Å². The van der Waals surface area contributed by atoms with E-state index in [1.165, 1.54) is 6.42 Å². The van der Waals surface area contributed by atoms with Gasteiger partial charge in [-0.25, -0.2) is 0 Å². The van der Waals surface area contributed by atoms with E-state index in [1.807, 2.05) is 18.2 Å². The fourth-order valence-electron chi connectivity index (χ4n) is 2.91. The molecule has 0 bridgehead atoms. The molecule has 1 fully saturated rings. The van der Waals surface area contributed by atoms with Gasteiger partial charge in [0.15, 0.2) is 0 Å². The van der Waals surface area contributed by atoms with Crippen molar-refractivity contribution < 1.29 is 9.15 Å². The Hall–Kier alpha value is -1.88. The van der Waals surface area contributed by atoms with Crippen molar-refractivity contribution in [3.8, 4) is 5.88 Å². The zero-order valence-corrected chi connectivity index (χ0v) is 12.5. The second-order valence-electron chi connectivity index (χ2n) is 5.70. The number of methoxy groups -OCH3 is 1. The monoisotopic (exact) mass is 287 g/mol. The van der Waals surface area contributed by atoms with Crippen LogP contribution in [0.25, 0.3) is 0 Å². The summed E-state index contributed by atoms with van der Waals surface area (Å²) in [6.45, 7) is 4.15. The Bertz CT molecular complexity index is 553. The van der Waals surface area contributed by atoms with Crippen LogP contribution in [0, 0.1) is 5.92 Å². The molecule has 1 aliphatic rings. The number of furan rings is 1. The van der Waals surface area contributed by atoms with Crippen LogP contribution in [0.4, 0.5) is 0 Å². The summed E-state index contributed by atoms with van der Waals surface area (Å²) in [6.07, 6.45) is 4.08. The molecule has 1 aliphatic heterocycles. The first-order chi connectivity index (χ1) is 10.3. The highest BCUT2D eigenvalue weighted by molar-refractivity contribution is 5.12. The largest absolute Gasteiger partial charge is 0.480 e. The van der Waals surface area contributed by atoms with Gasteiger partial charge in [-0.3, -0.25) is 4.90 Å². The van der Waals surface area contributed by atoms with Gasteiger partial charge in [0.05, 0.1) is 25.1 Å². The Balaban J connectivity index is 1.75. The maximum atomic E-state index is 5.63. The van der Waals surface area contributed by atoms with E-state index in [0.29, 0.717) is 11.9 Å². The molecular formula is C16H21N3O2. The molecule has 0 N–H and O–H groups in total. The van der Waals surface area contributed by atoms with E-state index in [2.05, 4.69) is 28.1 Å². The van der Waals surface area contributed by atoms with E-state index in [9.17, 15) is 0 Å². The molecule has 0 aliphatic carbocycles. The van der Waals surface area contributed by atoms with Crippen molar-refractivity contribution in [3.05, 3.63) is 42.0 Å². The second kappa shape index (κ2) is 6.26. The first-order valence-electron chi connectivity index (χ1n) is 7.40. The molecule has 0 radical (unpaired) electrons. The molecule has 112 valence electrons. The third-order valence-corrected chi connectivity index (χ3v) is 4.12. The summed E-state index contributed by atoms with van der Waals surface area (Å²) in [5, 5.41) is 8.27. The average Bonchev–Trinajstić information content (AvgIpc) is 3.04. The number of rotatable bonds is 4. The van der Waals surface area contributed by atoms with Crippen LogP contribution in [0.15, 0.2) is 34.9 Å². The van der Waals surface area contributed by atoms with Crippen molar-refractivity contribution >= 4 is 0 Å². The van der Waals surface area contributed by atoms with Gasteiger partial charge in [-0.1, -0.05) is 6.92 Å². The normalized spacial score (nSPS) is 23.1. The number of likely N-dealkylation sites (tertiary alicyclic amines) is 1. The summed E-state index contributed by atoms with van der Waals surface area (Å²) in [7, 11) is 1.60. The Morgan fingerprint density at radius 1 is 1.33 bits per heavy atom. The van der Waals surface area contributed by atoms with E-state index in [0.717, 1.165) is 36.9 Å². The lowest BCUT2D eigenvalue weighted by Crippen LogP contribution is -2.35. The summed E-state index contributed by atoms with van der Waals surface area (Å²) >= 11 is 0. The fourth-order valence-corrected chi connectivity index (χ4v) is 2.91. The highest BCUT2D eigenvalue weighted by Crippen LogP contribution is 2.35. The fraction of sp³-hybridized carbons (Fsp3) is 0.500. The van der Waals surface area contributed by atoms with Crippen molar-refractivity contribution in [2.45, 2.75) is 32.4 Å². The minimum Gasteiger partial charge on any atom is -0.480 e. The first-order valence-corrected chi connectivity index (χ1v) is 7.40. The van der Waals surface area contributed by atoms with Gasteiger partial charge < -0.3 is 9.15 Å². The average molecular weight is 287 g/mol. The molecule has 2 aromatic heterocycles. The first kappa shape index (κ1) is 14.1. The van der Waals surface area contributed by atoms with Gasteiger partial charge in [0.25, 0.3) is 0 Å². The van der Waals surface area contributed by atoms with Crippen molar-refractivity contribution in [1.82, 2.24) is 15.1 Å². The number of hydrogen-bond acceptors (Lipinski definition) is 5. The lowest BCUT2D eigenvalue weighted by Gasteiger charge is -2.37. The maximum absolute atomic E-state index is 5.63. The predicted octanol–water partition coefficient (Wildman–Crippen LogP) is 3.05. The third kappa shape index (κ3) is 3.24. The summed E-state index contributed by atoms with van der Waals surface area (Å²) < 4.78 is 10.7. The summed E-state index contributed by atoms with van der Waals surface area (Å²) in [5.41, 5.74) is 0.960. The minimum absolute atomic E-state index is 0.327. The van der Waals surface area contributed by atoms with Crippen LogP contribution in [0.3, 0.4) is 0 Å². The SMILES string of the molecule is COc1ccc(CN2CC[C@H](C)C[C@H]2c2ccco2)nn1. The van der Waals surface area contributed by atoms with Crippen LogP contribution < -0.4 is 4.74 Å². The van der Waals surface area contributed by atoms with E-state index < -0.39 is 0 Å². The van der Waals surface area contributed by atoms with Gasteiger partial charge in [0.1, 0.15) is 5.76 Å². The quantitative estimate of drug-likeness (QED) is 0.865. The molecular weight excluding hydrogens is 266 g/mol. The van der Waals surface area contributed by atoms with E-state index in [-0.39, 0.29) is 0 Å². The van der Waals surface area contributed by atoms with Gasteiger partial charge in [-0.15, -0.1) is 5.10 Å². The smallest absolute Gasteiger partial charge is 0.233 e.